The van der Waals surface area contributed by atoms with Gasteiger partial charge in [0.05, 0.1) is 5.02 Å². The van der Waals surface area contributed by atoms with Crippen LogP contribution in [0, 0.1) is 11.2 Å². The molecule has 100 valence electrons. The molecule has 1 saturated carbocycles. The minimum absolute atomic E-state index is 0.184. The van der Waals surface area contributed by atoms with E-state index in [1.54, 1.807) is 6.07 Å². The third-order valence-electron chi connectivity index (χ3n) is 4.09. The van der Waals surface area contributed by atoms with Crippen molar-refractivity contribution in [3.05, 3.63) is 34.1 Å². The van der Waals surface area contributed by atoms with E-state index in [1.807, 2.05) is 19.9 Å². The van der Waals surface area contributed by atoms with Crippen molar-refractivity contribution in [3.63, 3.8) is 0 Å². The SMILES string of the molecule is CC(C)c1cc(CCCC2(C)CC2)cc(Cl)c1F. The summed E-state index contributed by atoms with van der Waals surface area (Å²) in [6, 6.07) is 3.78. The highest BCUT2D eigenvalue weighted by Crippen LogP contribution is 2.49. The Morgan fingerprint density at radius 3 is 2.56 bits per heavy atom. The van der Waals surface area contributed by atoms with Gasteiger partial charge >= 0.3 is 0 Å². The summed E-state index contributed by atoms with van der Waals surface area (Å²) < 4.78 is 13.8. The molecule has 0 radical (unpaired) electrons. The van der Waals surface area contributed by atoms with Gasteiger partial charge in [0.15, 0.2) is 0 Å². The number of rotatable bonds is 5. The highest BCUT2D eigenvalue weighted by atomic mass is 35.5. The van der Waals surface area contributed by atoms with E-state index in [0.29, 0.717) is 5.41 Å². The lowest BCUT2D eigenvalue weighted by atomic mass is 9.95. The summed E-state index contributed by atoms with van der Waals surface area (Å²) in [6.45, 7) is 6.36. The Balaban J connectivity index is 2.03. The van der Waals surface area contributed by atoms with E-state index in [9.17, 15) is 4.39 Å². The molecule has 0 nitrogen and oxygen atoms in total. The minimum atomic E-state index is -0.246. The van der Waals surface area contributed by atoms with Crippen LogP contribution < -0.4 is 0 Å². The fourth-order valence-corrected chi connectivity index (χ4v) is 2.67. The van der Waals surface area contributed by atoms with Crippen molar-refractivity contribution in [1.29, 1.82) is 0 Å². The van der Waals surface area contributed by atoms with Gasteiger partial charge in [-0.15, -0.1) is 0 Å². The Labute approximate surface area is 115 Å². The molecule has 0 heterocycles. The Hall–Kier alpha value is -0.560. The van der Waals surface area contributed by atoms with E-state index >= 15 is 0 Å². The molecule has 18 heavy (non-hydrogen) atoms. The Bertz CT molecular complexity index is 433. The zero-order chi connectivity index (χ0) is 13.3. The van der Waals surface area contributed by atoms with Crippen molar-refractivity contribution in [2.24, 2.45) is 5.41 Å². The highest BCUT2D eigenvalue weighted by Gasteiger charge is 2.36. The van der Waals surface area contributed by atoms with Crippen LogP contribution in [0.1, 0.15) is 63.5 Å². The van der Waals surface area contributed by atoms with Gasteiger partial charge in [0.25, 0.3) is 0 Å². The molecule has 1 aromatic carbocycles. The molecule has 2 rings (SSSR count). The van der Waals surface area contributed by atoms with Crippen LogP contribution in [0.2, 0.25) is 5.02 Å². The number of hydrogen-bond donors (Lipinski definition) is 0. The van der Waals surface area contributed by atoms with Crippen molar-refractivity contribution in [1.82, 2.24) is 0 Å². The molecular weight excluding hydrogens is 247 g/mol. The Morgan fingerprint density at radius 1 is 1.33 bits per heavy atom. The average molecular weight is 269 g/mol. The summed E-state index contributed by atoms with van der Waals surface area (Å²) >= 11 is 5.97. The quantitative estimate of drug-likeness (QED) is 0.640. The van der Waals surface area contributed by atoms with Gasteiger partial charge in [-0.25, -0.2) is 4.39 Å². The van der Waals surface area contributed by atoms with E-state index in [0.717, 1.165) is 12.0 Å². The van der Waals surface area contributed by atoms with E-state index in [1.165, 1.54) is 31.2 Å². The van der Waals surface area contributed by atoms with Crippen molar-refractivity contribution < 1.29 is 4.39 Å². The largest absolute Gasteiger partial charge is 0.205 e. The molecular formula is C16H22ClF. The normalized spacial score (nSPS) is 17.2. The van der Waals surface area contributed by atoms with Crippen LogP contribution in [0.3, 0.4) is 0 Å². The lowest BCUT2D eigenvalue weighted by molar-refractivity contribution is 0.494. The van der Waals surface area contributed by atoms with Crippen LogP contribution >= 0.6 is 11.6 Å². The summed E-state index contributed by atoms with van der Waals surface area (Å²) in [5.41, 5.74) is 2.52. The predicted molar refractivity (Wildman–Crippen MR) is 75.8 cm³/mol. The van der Waals surface area contributed by atoms with Crippen molar-refractivity contribution in [2.45, 2.75) is 58.8 Å². The number of aryl methyl sites for hydroxylation is 1. The van der Waals surface area contributed by atoms with Crippen LogP contribution in [-0.4, -0.2) is 0 Å². The van der Waals surface area contributed by atoms with Crippen LogP contribution in [0.4, 0.5) is 4.39 Å². The van der Waals surface area contributed by atoms with E-state index in [-0.39, 0.29) is 16.8 Å². The zero-order valence-corrected chi connectivity index (χ0v) is 12.3. The second-order valence-corrected chi connectivity index (χ2v) is 6.71. The third-order valence-corrected chi connectivity index (χ3v) is 4.36. The van der Waals surface area contributed by atoms with Gasteiger partial charge in [0.1, 0.15) is 5.82 Å². The van der Waals surface area contributed by atoms with E-state index in [2.05, 4.69) is 6.92 Å². The highest BCUT2D eigenvalue weighted by molar-refractivity contribution is 6.30. The Morgan fingerprint density at radius 2 is 2.00 bits per heavy atom. The number of hydrogen-bond acceptors (Lipinski definition) is 0. The second kappa shape index (κ2) is 5.21. The van der Waals surface area contributed by atoms with Gasteiger partial charge in [-0.1, -0.05) is 38.4 Å². The fraction of sp³-hybridized carbons (Fsp3) is 0.625. The van der Waals surface area contributed by atoms with Gasteiger partial charge in [0.2, 0.25) is 0 Å². The first-order chi connectivity index (χ1) is 8.41. The molecule has 1 fully saturated rings. The molecule has 1 aromatic rings. The molecule has 0 aliphatic heterocycles. The molecule has 0 unspecified atom stereocenters. The molecule has 0 amide bonds. The molecule has 0 bridgehead atoms. The van der Waals surface area contributed by atoms with Gasteiger partial charge in [-0.2, -0.15) is 0 Å². The molecule has 0 atom stereocenters. The fourth-order valence-electron chi connectivity index (χ4n) is 2.42. The van der Waals surface area contributed by atoms with Gasteiger partial charge in [0, 0.05) is 0 Å². The van der Waals surface area contributed by atoms with Gasteiger partial charge < -0.3 is 0 Å². The van der Waals surface area contributed by atoms with Gasteiger partial charge in [-0.3, -0.25) is 0 Å². The summed E-state index contributed by atoms with van der Waals surface area (Å²) in [5, 5.41) is 0.272. The first-order valence-electron chi connectivity index (χ1n) is 6.89. The maximum absolute atomic E-state index is 13.8. The zero-order valence-electron chi connectivity index (χ0n) is 11.5. The maximum Gasteiger partial charge on any atom is 0.145 e. The molecule has 1 aliphatic carbocycles. The minimum Gasteiger partial charge on any atom is -0.205 e. The molecule has 0 N–H and O–H groups in total. The summed E-state index contributed by atoms with van der Waals surface area (Å²) in [7, 11) is 0. The molecule has 0 aromatic heterocycles. The first-order valence-corrected chi connectivity index (χ1v) is 7.27. The summed E-state index contributed by atoms with van der Waals surface area (Å²) in [4.78, 5) is 0. The first kappa shape index (κ1) is 13.9. The molecule has 2 heteroatoms. The number of benzene rings is 1. The second-order valence-electron chi connectivity index (χ2n) is 6.30. The van der Waals surface area contributed by atoms with Crippen LogP contribution in [0.15, 0.2) is 12.1 Å². The molecule has 0 spiro atoms. The van der Waals surface area contributed by atoms with Crippen LogP contribution in [-0.2, 0) is 6.42 Å². The van der Waals surface area contributed by atoms with Crippen LogP contribution in [0.5, 0.6) is 0 Å². The maximum atomic E-state index is 13.8. The Kier molecular flexibility index (Phi) is 4.01. The lowest BCUT2D eigenvalue weighted by Gasteiger charge is -2.12. The monoisotopic (exact) mass is 268 g/mol. The average Bonchev–Trinajstić information content (AvgIpc) is 3.01. The number of halogens is 2. The standard InChI is InChI=1S/C16H22ClF/c1-11(2)13-9-12(10-14(17)15(13)18)5-4-6-16(3)7-8-16/h9-11H,4-8H2,1-3H3. The molecule has 1 aliphatic rings. The van der Waals surface area contributed by atoms with Crippen LogP contribution in [0.25, 0.3) is 0 Å². The van der Waals surface area contributed by atoms with Crippen molar-refractivity contribution >= 4 is 11.6 Å². The predicted octanol–water partition coefficient (Wildman–Crippen LogP) is 5.73. The summed E-state index contributed by atoms with van der Waals surface area (Å²) in [6.07, 6.45) is 6.20. The van der Waals surface area contributed by atoms with E-state index < -0.39 is 0 Å². The topological polar surface area (TPSA) is 0 Å². The smallest absolute Gasteiger partial charge is 0.145 e. The third kappa shape index (κ3) is 3.26. The summed E-state index contributed by atoms with van der Waals surface area (Å²) in [5.74, 6) is -0.0621. The lowest BCUT2D eigenvalue weighted by Crippen LogP contribution is -1.99. The van der Waals surface area contributed by atoms with E-state index in [4.69, 9.17) is 11.6 Å². The molecule has 0 saturated heterocycles. The van der Waals surface area contributed by atoms with Crippen molar-refractivity contribution in [3.8, 4) is 0 Å². The van der Waals surface area contributed by atoms with Crippen molar-refractivity contribution in [2.75, 3.05) is 0 Å². The van der Waals surface area contributed by atoms with Gasteiger partial charge in [-0.05, 0) is 60.6 Å².